The molecule has 2 heterocycles. The fourth-order valence-corrected chi connectivity index (χ4v) is 1.80. The molecular formula is C13H8N2O4. The Labute approximate surface area is 105 Å². The number of benzene rings is 1. The molecule has 6 heteroatoms. The molecule has 0 unspecified atom stereocenters. The van der Waals surface area contributed by atoms with Gasteiger partial charge >= 0.3 is 5.69 Å². The first kappa shape index (κ1) is 11.2. The molecule has 6 nitrogen and oxygen atoms in total. The molecule has 94 valence electrons. The number of H-pyrrole nitrogens is 2. The average Bonchev–Trinajstić information content (AvgIpc) is 2.38. The van der Waals surface area contributed by atoms with Crippen LogP contribution in [0, 0.1) is 0 Å². The largest absolute Gasteiger partial charge is 0.456 e. The SMILES string of the molecule is O=c1ccc2ccc(-c3c[nH]c(=O)[nH]c3=O)oc-2c1. The van der Waals surface area contributed by atoms with E-state index in [0.29, 0.717) is 5.76 Å². The third-order valence-electron chi connectivity index (χ3n) is 2.70. The molecule has 19 heavy (non-hydrogen) atoms. The van der Waals surface area contributed by atoms with Crippen LogP contribution in [0.25, 0.3) is 22.6 Å². The van der Waals surface area contributed by atoms with Crippen molar-refractivity contribution >= 4 is 0 Å². The second-order valence-electron chi connectivity index (χ2n) is 3.98. The summed E-state index contributed by atoms with van der Waals surface area (Å²) in [4.78, 5) is 38.3. The molecule has 0 radical (unpaired) electrons. The van der Waals surface area contributed by atoms with Gasteiger partial charge in [-0.05, 0) is 24.3 Å². The van der Waals surface area contributed by atoms with Gasteiger partial charge in [0.15, 0.2) is 5.43 Å². The molecular weight excluding hydrogens is 248 g/mol. The summed E-state index contributed by atoms with van der Waals surface area (Å²) in [5.41, 5.74) is -0.368. The maximum atomic E-state index is 11.6. The molecule has 0 spiro atoms. The molecule has 0 fully saturated rings. The van der Waals surface area contributed by atoms with Gasteiger partial charge in [-0.1, -0.05) is 0 Å². The summed E-state index contributed by atoms with van der Waals surface area (Å²) in [6.45, 7) is 0. The lowest BCUT2D eigenvalue weighted by molar-refractivity contribution is 0.579. The first-order valence-corrected chi connectivity index (χ1v) is 5.50. The molecule has 0 saturated carbocycles. The lowest BCUT2D eigenvalue weighted by atomic mass is 10.1. The smallest absolute Gasteiger partial charge is 0.325 e. The first-order chi connectivity index (χ1) is 9.13. The average molecular weight is 256 g/mol. The van der Waals surface area contributed by atoms with Crippen LogP contribution in [0.15, 0.2) is 55.3 Å². The molecule has 1 aliphatic heterocycles. The van der Waals surface area contributed by atoms with Crippen molar-refractivity contribution in [3.63, 3.8) is 0 Å². The van der Waals surface area contributed by atoms with Gasteiger partial charge in [-0.25, -0.2) is 4.79 Å². The van der Waals surface area contributed by atoms with E-state index in [1.54, 1.807) is 18.2 Å². The number of fused-ring (bicyclic) bond motifs is 1. The zero-order valence-corrected chi connectivity index (χ0v) is 9.60. The number of aromatic nitrogens is 2. The van der Waals surface area contributed by atoms with Gasteiger partial charge in [-0.15, -0.1) is 0 Å². The molecule has 2 aliphatic rings. The van der Waals surface area contributed by atoms with Crippen LogP contribution >= 0.6 is 0 Å². The fraction of sp³-hybridized carbons (Fsp3) is 0. The molecule has 1 aromatic rings. The molecule has 0 aromatic carbocycles. The molecule has 0 amide bonds. The van der Waals surface area contributed by atoms with Crippen molar-refractivity contribution in [2.75, 3.05) is 0 Å². The third-order valence-corrected chi connectivity index (χ3v) is 2.70. The Morgan fingerprint density at radius 1 is 0.947 bits per heavy atom. The van der Waals surface area contributed by atoms with E-state index >= 15 is 0 Å². The highest BCUT2D eigenvalue weighted by Crippen LogP contribution is 2.25. The first-order valence-electron chi connectivity index (χ1n) is 5.50. The van der Waals surface area contributed by atoms with Crippen LogP contribution < -0.4 is 16.7 Å². The minimum Gasteiger partial charge on any atom is -0.456 e. The molecule has 0 bridgehead atoms. The van der Waals surface area contributed by atoms with Crippen molar-refractivity contribution in [1.82, 2.24) is 9.97 Å². The Morgan fingerprint density at radius 3 is 2.53 bits per heavy atom. The molecule has 0 saturated heterocycles. The maximum Gasteiger partial charge on any atom is 0.325 e. The van der Waals surface area contributed by atoms with Gasteiger partial charge < -0.3 is 9.40 Å². The third kappa shape index (κ3) is 1.99. The van der Waals surface area contributed by atoms with Gasteiger partial charge in [0.1, 0.15) is 11.5 Å². The van der Waals surface area contributed by atoms with Crippen LogP contribution in [0.1, 0.15) is 0 Å². The monoisotopic (exact) mass is 256 g/mol. The Hall–Kier alpha value is -2.89. The molecule has 1 aromatic heterocycles. The van der Waals surface area contributed by atoms with E-state index in [-0.39, 0.29) is 16.8 Å². The maximum absolute atomic E-state index is 11.6. The summed E-state index contributed by atoms with van der Waals surface area (Å²) in [6.07, 6.45) is 1.27. The summed E-state index contributed by atoms with van der Waals surface area (Å²) >= 11 is 0. The second-order valence-corrected chi connectivity index (χ2v) is 3.98. The fourth-order valence-electron chi connectivity index (χ4n) is 1.80. The quantitative estimate of drug-likeness (QED) is 0.672. The summed E-state index contributed by atoms with van der Waals surface area (Å²) in [7, 11) is 0. The van der Waals surface area contributed by atoms with E-state index in [9.17, 15) is 14.4 Å². The van der Waals surface area contributed by atoms with Gasteiger partial charge in [0.05, 0.1) is 5.56 Å². The predicted octanol–water partition coefficient (Wildman–Crippen LogP) is 0.788. The van der Waals surface area contributed by atoms with Crippen molar-refractivity contribution in [1.29, 1.82) is 0 Å². The summed E-state index contributed by atoms with van der Waals surface area (Å²) in [5, 5.41) is 0. The number of hydrogen-bond acceptors (Lipinski definition) is 4. The Kier molecular flexibility index (Phi) is 2.42. The van der Waals surface area contributed by atoms with Crippen LogP contribution in [0.5, 0.6) is 0 Å². The number of aromatic amines is 2. The minimum absolute atomic E-state index is 0.177. The van der Waals surface area contributed by atoms with Gasteiger partial charge in [0, 0.05) is 17.8 Å². The summed E-state index contributed by atoms with van der Waals surface area (Å²) < 4.78 is 5.51. The number of nitrogens with one attached hydrogen (secondary N) is 2. The number of rotatable bonds is 1. The molecule has 2 N–H and O–H groups in total. The number of hydrogen-bond donors (Lipinski definition) is 2. The summed E-state index contributed by atoms with van der Waals surface area (Å²) in [6, 6.07) is 7.76. The van der Waals surface area contributed by atoms with Crippen molar-refractivity contribution in [2.45, 2.75) is 0 Å². The van der Waals surface area contributed by atoms with Crippen LogP contribution in [0.3, 0.4) is 0 Å². The highest BCUT2D eigenvalue weighted by molar-refractivity contribution is 5.64. The van der Waals surface area contributed by atoms with Crippen molar-refractivity contribution < 1.29 is 4.42 Å². The van der Waals surface area contributed by atoms with Crippen LogP contribution in [-0.4, -0.2) is 9.97 Å². The van der Waals surface area contributed by atoms with Crippen molar-refractivity contribution in [3.8, 4) is 22.6 Å². The Bertz CT molecular complexity index is 888. The van der Waals surface area contributed by atoms with Crippen LogP contribution in [0.2, 0.25) is 0 Å². The van der Waals surface area contributed by atoms with Crippen LogP contribution in [-0.2, 0) is 0 Å². The van der Waals surface area contributed by atoms with Crippen LogP contribution in [0.4, 0.5) is 0 Å². The molecule has 3 rings (SSSR count). The van der Waals surface area contributed by atoms with Gasteiger partial charge in [-0.2, -0.15) is 0 Å². The van der Waals surface area contributed by atoms with E-state index in [1.807, 2.05) is 0 Å². The molecule has 0 atom stereocenters. The lowest BCUT2D eigenvalue weighted by Gasteiger charge is -2.06. The van der Waals surface area contributed by atoms with E-state index in [4.69, 9.17) is 4.42 Å². The lowest BCUT2D eigenvalue weighted by Crippen LogP contribution is -2.22. The minimum atomic E-state index is -0.587. The zero-order valence-electron chi connectivity index (χ0n) is 9.60. The topological polar surface area (TPSA) is 95.9 Å². The van der Waals surface area contributed by atoms with E-state index in [2.05, 4.69) is 9.97 Å². The normalized spacial score (nSPS) is 10.7. The second kappa shape index (κ2) is 4.09. The van der Waals surface area contributed by atoms with Gasteiger partial charge in [-0.3, -0.25) is 14.6 Å². The zero-order chi connectivity index (χ0) is 13.4. The standard InChI is InChI=1S/C13H8N2O4/c16-8-3-1-7-2-4-10(19-11(7)5-8)9-6-14-13(18)15-12(9)17/h1-6H,(H2,14,15,17,18). The van der Waals surface area contributed by atoms with Crippen molar-refractivity contribution in [3.05, 3.63) is 67.6 Å². The van der Waals surface area contributed by atoms with E-state index < -0.39 is 11.2 Å². The summed E-state index contributed by atoms with van der Waals surface area (Å²) in [5.74, 6) is 0.659. The highest BCUT2D eigenvalue weighted by Gasteiger charge is 2.10. The van der Waals surface area contributed by atoms with E-state index in [1.165, 1.54) is 18.3 Å². The predicted molar refractivity (Wildman–Crippen MR) is 68.3 cm³/mol. The Morgan fingerprint density at radius 2 is 1.74 bits per heavy atom. The Balaban J connectivity index is 2.26. The highest BCUT2D eigenvalue weighted by atomic mass is 16.3. The molecule has 1 aliphatic carbocycles. The van der Waals surface area contributed by atoms with Crippen molar-refractivity contribution in [2.24, 2.45) is 0 Å². The van der Waals surface area contributed by atoms with Gasteiger partial charge in [0.25, 0.3) is 5.56 Å². The van der Waals surface area contributed by atoms with E-state index in [0.717, 1.165) is 5.56 Å². The van der Waals surface area contributed by atoms with Gasteiger partial charge in [0.2, 0.25) is 0 Å².